The third-order valence-electron chi connectivity index (χ3n) is 2.18. The van der Waals surface area contributed by atoms with Crippen molar-refractivity contribution in [3.8, 4) is 0 Å². The Balaban J connectivity index is 2.89. The van der Waals surface area contributed by atoms with Gasteiger partial charge in [0.1, 0.15) is 0 Å². The highest BCUT2D eigenvalue weighted by Crippen LogP contribution is 2.25. The maximum Gasteiger partial charge on any atom is 0.0119 e. The first-order valence-corrected chi connectivity index (χ1v) is 4.27. The van der Waals surface area contributed by atoms with Gasteiger partial charge >= 0.3 is 0 Å². The Hall–Kier alpha value is -0.720. The van der Waals surface area contributed by atoms with Crippen LogP contribution in [0.25, 0.3) is 0 Å². The Morgan fingerprint density at radius 2 is 2.00 bits per heavy atom. The van der Waals surface area contributed by atoms with Gasteiger partial charge in [-0.15, -0.1) is 0 Å². The molecule has 1 nitrogen and oxygen atoms in total. The maximum absolute atomic E-state index is 5.88. The van der Waals surface area contributed by atoms with Gasteiger partial charge in [0.2, 0.25) is 0 Å². The van der Waals surface area contributed by atoms with Crippen molar-refractivity contribution < 1.29 is 0 Å². The zero-order valence-corrected chi connectivity index (χ0v) is 7.65. The number of hydrogen-bond acceptors (Lipinski definition) is 1. The summed E-state index contributed by atoms with van der Waals surface area (Å²) < 4.78 is 0. The van der Waals surface area contributed by atoms with E-state index in [4.69, 9.17) is 5.73 Å². The molecule has 0 radical (unpaired) electrons. The molecular formula is C10H17N. The van der Waals surface area contributed by atoms with Crippen molar-refractivity contribution in [2.75, 3.05) is 0 Å². The average Bonchev–Trinajstić information content (AvgIpc) is 1.94. The van der Waals surface area contributed by atoms with Gasteiger partial charge in [-0.05, 0) is 31.3 Å². The summed E-state index contributed by atoms with van der Waals surface area (Å²) in [6.45, 7) is 6.56. The summed E-state index contributed by atoms with van der Waals surface area (Å²) in [5.41, 5.74) is 9.77. The van der Waals surface area contributed by atoms with E-state index in [1.54, 1.807) is 0 Å². The topological polar surface area (TPSA) is 26.0 Å². The minimum Gasteiger partial charge on any atom is -0.402 e. The zero-order valence-electron chi connectivity index (χ0n) is 7.65. The second-order valence-corrected chi connectivity index (χ2v) is 3.63. The summed E-state index contributed by atoms with van der Waals surface area (Å²) in [5.74, 6) is 0.574. The molecule has 0 amide bonds. The van der Waals surface area contributed by atoms with Gasteiger partial charge in [0.25, 0.3) is 0 Å². The minimum atomic E-state index is 0.574. The van der Waals surface area contributed by atoms with Gasteiger partial charge in [-0.1, -0.05) is 25.5 Å². The van der Waals surface area contributed by atoms with Gasteiger partial charge in [-0.3, -0.25) is 0 Å². The summed E-state index contributed by atoms with van der Waals surface area (Å²) in [6, 6.07) is 0. The van der Waals surface area contributed by atoms with Crippen LogP contribution in [-0.2, 0) is 0 Å². The first-order chi connectivity index (χ1) is 5.11. The molecule has 11 heavy (non-hydrogen) atoms. The zero-order chi connectivity index (χ0) is 8.43. The summed E-state index contributed by atoms with van der Waals surface area (Å²) in [6.07, 6.45) is 4.43. The van der Waals surface area contributed by atoms with E-state index in [1.165, 1.54) is 11.1 Å². The predicted octanol–water partition coefficient (Wildman–Crippen LogP) is 2.60. The fraction of sp³-hybridized carbons (Fsp3) is 0.600. The number of nitrogens with two attached hydrogens (primary N) is 1. The standard InChI is InChI=1S/C10H17N/c1-7(2)9-6-8(3)4-5-10(9)11/h6-7H,4-5,11H2,1-3H3. The van der Waals surface area contributed by atoms with Crippen molar-refractivity contribution in [2.45, 2.75) is 33.6 Å². The highest BCUT2D eigenvalue weighted by molar-refractivity contribution is 5.32. The van der Waals surface area contributed by atoms with Gasteiger partial charge in [0, 0.05) is 5.70 Å². The molecule has 0 aromatic heterocycles. The largest absolute Gasteiger partial charge is 0.402 e. The van der Waals surface area contributed by atoms with Crippen molar-refractivity contribution in [3.63, 3.8) is 0 Å². The predicted molar refractivity (Wildman–Crippen MR) is 49.0 cm³/mol. The molecule has 1 aliphatic rings. The molecule has 0 heterocycles. The van der Waals surface area contributed by atoms with Crippen LogP contribution >= 0.6 is 0 Å². The van der Waals surface area contributed by atoms with E-state index in [-0.39, 0.29) is 0 Å². The SMILES string of the molecule is CC1=CC(C(C)C)=C(N)CC1. The normalized spacial score (nSPS) is 19.1. The first-order valence-electron chi connectivity index (χ1n) is 4.27. The van der Waals surface area contributed by atoms with Gasteiger partial charge in [-0.25, -0.2) is 0 Å². The van der Waals surface area contributed by atoms with Crippen molar-refractivity contribution in [2.24, 2.45) is 11.7 Å². The monoisotopic (exact) mass is 151 g/mol. The van der Waals surface area contributed by atoms with Crippen LogP contribution in [0.5, 0.6) is 0 Å². The molecule has 0 aromatic rings. The van der Waals surface area contributed by atoms with E-state index >= 15 is 0 Å². The molecule has 0 bridgehead atoms. The minimum absolute atomic E-state index is 0.574. The van der Waals surface area contributed by atoms with Crippen LogP contribution in [0.15, 0.2) is 22.9 Å². The average molecular weight is 151 g/mol. The lowest BCUT2D eigenvalue weighted by atomic mass is 9.91. The first kappa shape index (κ1) is 8.38. The lowest BCUT2D eigenvalue weighted by Gasteiger charge is -2.17. The molecule has 0 unspecified atom stereocenters. The molecule has 1 heteroatoms. The fourth-order valence-electron chi connectivity index (χ4n) is 1.44. The van der Waals surface area contributed by atoms with Crippen molar-refractivity contribution in [3.05, 3.63) is 22.9 Å². The number of hydrogen-bond donors (Lipinski definition) is 1. The Kier molecular flexibility index (Phi) is 2.38. The summed E-state index contributed by atoms with van der Waals surface area (Å²) >= 11 is 0. The molecule has 1 aliphatic carbocycles. The molecule has 0 atom stereocenters. The van der Waals surface area contributed by atoms with Gasteiger partial charge in [0.15, 0.2) is 0 Å². The molecule has 0 saturated heterocycles. The van der Waals surface area contributed by atoms with Crippen LogP contribution in [0.3, 0.4) is 0 Å². The van der Waals surface area contributed by atoms with E-state index < -0.39 is 0 Å². The molecule has 0 fully saturated rings. The van der Waals surface area contributed by atoms with E-state index in [1.807, 2.05) is 0 Å². The van der Waals surface area contributed by atoms with Crippen LogP contribution in [0.2, 0.25) is 0 Å². The third kappa shape index (κ3) is 1.86. The molecular weight excluding hydrogens is 134 g/mol. The highest BCUT2D eigenvalue weighted by Gasteiger charge is 2.10. The van der Waals surface area contributed by atoms with Crippen LogP contribution in [0, 0.1) is 5.92 Å². The van der Waals surface area contributed by atoms with Gasteiger partial charge < -0.3 is 5.73 Å². The van der Waals surface area contributed by atoms with Crippen LogP contribution < -0.4 is 5.73 Å². The summed E-state index contributed by atoms with van der Waals surface area (Å²) in [5, 5.41) is 0. The summed E-state index contributed by atoms with van der Waals surface area (Å²) in [4.78, 5) is 0. The molecule has 1 rings (SSSR count). The van der Waals surface area contributed by atoms with E-state index in [2.05, 4.69) is 26.8 Å². The maximum atomic E-state index is 5.88. The Morgan fingerprint density at radius 3 is 2.45 bits per heavy atom. The molecule has 0 aliphatic heterocycles. The van der Waals surface area contributed by atoms with Crippen molar-refractivity contribution in [1.29, 1.82) is 0 Å². The second kappa shape index (κ2) is 3.12. The highest BCUT2D eigenvalue weighted by atomic mass is 14.6. The quantitative estimate of drug-likeness (QED) is 0.612. The van der Waals surface area contributed by atoms with Crippen LogP contribution in [0.4, 0.5) is 0 Å². The Bertz CT molecular complexity index is 209. The lowest BCUT2D eigenvalue weighted by molar-refractivity contribution is 0.737. The van der Waals surface area contributed by atoms with Crippen molar-refractivity contribution in [1.82, 2.24) is 0 Å². The molecule has 2 N–H and O–H groups in total. The van der Waals surface area contributed by atoms with Gasteiger partial charge in [-0.2, -0.15) is 0 Å². The van der Waals surface area contributed by atoms with Crippen molar-refractivity contribution >= 4 is 0 Å². The Morgan fingerprint density at radius 1 is 1.36 bits per heavy atom. The smallest absolute Gasteiger partial charge is 0.0119 e. The Labute approximate surface area is 69.0 Å². The fourth-order valence-corrected chi connectivity index (χ4v) is 1.44. The molecule has 0 spiro atoms. The third-order valence-corrected chi connectivity index (χ3v) is 2.18. The van der Waals surface area contributed by atoms with E-state index in [0.717, 1.165) is 18.5 Å². The van der Waals surface area contributed by atoms with Crippen LogP contribution in [-0.4, -0.2) is 0 Å². The van der Waals surface area contributed by atoms with Gasteiger partial charge in [0.05, 0.1) is 0 Å². The lowest BCUT2D eigenvalue weighted by Crippen LogP contribution is -2.09. The molecule has 0 saturated carbocycles. The molecule has 0 aromatic carbocycles. The number of rotatable bonds is 1. The second-order valence-electron chi connectivity index (χ2n) is 3.63. The van der Waals surface area contributed by atoms with Crippen LogP contribution in [0.1, 0.15) is 33.6 Å². The summed E-state index contributed by atoms with van der Waals surface area (Å²) in [7, 11) is 0. The molecule has 62 valence electrons. The number of allylic oxidation sites excluding steroid dienone is 4. The van der Waals surface area contributed by atoms with E-state index in [9.17, 15) is 0 Å². The van der Waals surface area contributed by atoms with E-state index in [0.29, 0.717) is 5.92 Å².